The monoisotopic (exact) mass is 688 g/mol. The number of benzene rings is 2. The van der Waals surface area contributed by atoms with E-state index in [1.165, 1.54) is 0 Å². The van der Waals surface area contributed by atoms with Crippen LogP contribution in [0.5, 0.6) is 11.5 Å². The van der Waals surface area contributed by atoms with Gasteiger partial charge in [0.15, 0.2) is 0 Å². The van der Waals surface area contributed by atoms with Crippen molar-refractivity contribution in [1.82, 2.24) is 31.2 Å². The zero-order chi connectivity index (χ0) is 33.6. The van der Waals surface area contributed by atoms with Crippen LogP contribution in [0.4, 0.5) is 0 Å². The van der Waals surface area contributed by atoms with Crippen molar-refractivity contribution in [2.45, 2.75) is 50.9 Å². The van der Waals surface area contributed by atoms with E-state index in [1.54, 1.807) is 26.6 Å². The quantitative estimate of drug-likeness (QED) is 0.144. The molecule has 2 amide bonds. The van der Waals surface area contributed by atoms with Crippen molar-refractivity contribution in [3.05, 3.63) is 82.1 Å². The van der Waals surface area contributed by atoms with E-state index in [4.69, 9.17) is 32.7 Å². The van der Waals surface area contributed by atoms with Crippen LogP contribution >= 0.6 is 23.2 Å². The maximum absolute atomic E-state index is 11.5. The number of ether oxygens (including phenoxy) is 2. The summed E-state index contributed by atoms with van der Waals surface area (Å²) >= 11 is 14.1. The molecule has 6 rings (SSSR count). The lowest BCUT2D eigenvalue weighted by Gasteiger charge is -2.16. The van der Waals surface area contributed by atoms with Gasteiger partial charge in [0.2, 0.25) is 11.8 Å². The summed E-state index contributed by atoms with van der Waals surface area (Å²) in [5.41, 5.74) is 6.24. The molecule has 2 atom stereocenters. The molecule has 2 aromatic heterocycles. The third kappa shape index (κ3) is 7.57. The van der Waals surface area contributed by atoms with Gasteiger partial charge < -0.3 is 30.7 Å². The van der Waals surface area contributed by atoms with Gasteiger partial charge >= 0.3 is 0 Å². The van der Waals surface area contributed by atoms with E-state index >= 15 is 0 Å². The molecule has 12 heteroatoms. The molecule has 0 unspecified atom stereocenters. The van der Waals surface area contributed by atoms with Crippen LogP contribution in [0.25, 0.3) is 33.6 Å². The minimum Gasteiger partial charge on any atom is -0.496 e. The lowest BCUT2D eigenvalue weighted by molar-refractivity contribution is -0.120. The number of nitrogens with zero attached hydrogens (tertiary/aromatic N) is 2. The Morgan fingerprint density at radius 2 is 1.15 bits per heavy atom. The molecular formula is C36H38Cl2N6O4. The minimum absolute atomic E-state index is 0.103. The highest BCUT2D eigenvalue weighted by molar-refractivity contribution is 6.39. The van der Waals surface area contributed by atoms with Crippen LogP contribution in [0.15, 0.2) is 60.9 Å². The maximum Gasteiger partial charge on any atom is 0.220 e. The smallest absolute Gasteiger partial charge is 0.220 e. The van der Waals surface area contributed by atoms with Crippen molar-refractivity contribution in [2.24, 2.45) is 0 Å². The van der Waals surface area contributed by atoms with Crippen molar-refractivity contribution < 1.29 is 19.1 Å². The second kappa shape index (κ2) is 15.3. The Hall–Kier alpha value is -4.22. The second-order valence-electron chi connectivity index (χ2n) is 12.0. The van der Waals surface area contributed by atoms with Gasteiger partial charge in [0.05, 0.1) is 35.7 Å². The predicted molar refractivity (Wildman–Crippen MR) is 187 cm³/mol. The molecule has 48 heavy (non-hydrogen) atoms. The minimum atomic E-state index is 0.103. The molecule has 0 radical (unpaired) electrons. The number of hydrogen-bond donors (Lipinski definition) is 4. The van der Waals surface area contributed by atoms with E-state index < -0.39 is 0 Å². The van der Waals surface area contributed by atoms with E-state index in [9.17, 15) is 9.59 Å². The lowest BCUT2D eigenvalue weighted by Crippen LogP contribution is -2.35. The fourth-order valence-electron chi connectivity index (χ4n) is 6.20. The molecule has 4 N–H and O–H groups in total. The number of aromatic nitrogens is 2. The van der Waals surface area contributed by atoms with Gasteiger partial charge in [0.1, 0.15) is 11.5 Å². The Labute approximate surface area is 289 Å². The first-order chi connectivity index (χ1) is 23.3. The average Bonchev–Trinajstić information content (AvgIpc) is 3.72. The van der Waals surface area contributed by atoms with Crippen LogP contribution < -0.4 is 30.7 Å². The molecule has 2 fully saturated rings. The molecule has 0 spiro atoms. The number of hydrogen-bond acceptors (Lipinski definition) is 8. The van der Waals surface area contributed by atoms with Crippen LogP contribution in [0.2, 0.25) is 10.0 Å². The summed E-state index contributed by atoms with van der Waals surface area (Å²) in [6, 6.07) is 15.8. The van der Waals surface area contributed by atoms with E-state index in [2.05, 4.69) is 31.2 Å². The molecule has 10 nitrogen and oxygen atoms in total. The third-order valence-corrected chi connectivity index (χ3v) is 9.54. The fraction of sp³-hybridized carbons (Fsp3) is 0.333. The van der Waals surface area contributed by atoms with Crippen molar-refractivity contribution in [3.63, 3.8) is 0 Å². The molecule has 2 aliphatic rings. The Kier molecular flexibility index (Phi) is 10.8. The van der Waals surface area contributed by atoms with Crippen LogP contribution in [0.1, 0.15) is 36.8 Å². The van der Waals surface area contributed by atoms with Gasteiger partial charge in [-0.3, -0.25) is 19.6 Å². The topological polar surface area (TPSA) is 127 Å². The molecule has 0 aliphatic carbocycles. The SMILES string of the molecule is COc1cc(-c2nccc(-c3ccnc(-c4ccc(CNC[C@@H]5CCC(=O)N5)c(OC)c4)c3Cl)c2Cl)ccc1CNC[C@H]1CCC(=O)N1. The van der Waals surface area contributed by atoms with Gasteiger partial charge in [-0.05, 0) is 37.1 Å². The van der Waals surface area contributed by atoms with E-state index in [1.807, 2.05) is 48.5 Å². The maximum atomic E-state index is 11.5. The van der Waals surface area contributed by atoms with Gasteiger partial charge in [-0.1, -0.05) is 47.5 Å². The largest absolute Gasteiger partial charge is 0.496 e. The summed E-state index contributed by atoms with van der Waals surface area (Å²) in [7, 11) is 3.28. The zero-order valence-electron chi connectivity index (χ0n) is 26.9. The second-order valence-corrected chi connectivity index (χ2v) is 12.7. The summed E-state index contributed by atoms with van der Waals surface area (Å²) in [6.07, 6.45) is 6.27. The van der Waals surface area contributed by atoms with Crippen LogP contribution in [-0.4, -0.2) is 61.2 Å². The molecule has 0 saturated carbocycles. The fourth-order valence-corrected chi connectivity index (χ4v) is 6.85. The summed E-state index contributed by atoms with van der Waals surface area (Å²) in [6.45, 7) is 2.57. The van der Waals surface area contributed by atoms with E-state index in [-0.39, 0.29) is 23.9 Å². The molecule has 2 aliphatic heterocycles. The molecule has 4 aromatic rings. The number of carbonyl (C=O) groups excluding carboxylic acids is 2. The Morgan fingerprint density at radius 1 is 0.708 bits per heavy atom. The normalized spacial score (nSPS) is 17.3. The summed E-state index contributed by atoms with van der Waals surface area (Å²) in [4.78, 5) is 32.2. The van der Waals surface area contributed by atoms with Gasteiger partial charge in [0, 0.05) is 96.9 Å². The van der Waals surface area contributed by atoms with Crippen LogP contribution in [0.3, 0.4) is 0 Å². The lowest BCUT2D eigenvalue weighted by atomic mass is 10.00. The number of amides is 2. The Bertz CT molecular complexity index is 1690. The molecule has 4 heterocycles. The summed E-state index contributed by atoms with van der Waals surface area (Å²) in [5, 5.41) is 13.7. The molecular weight excluding hydrogens is 651 g/mol. The Balaban J connectivity index is 1.20. The van der Waals surface area contributed by atoms with Crippen molar-refractivity contribution in [2.75, 3.05) is 27.3 Å². The molecule has 2 saturated heterocycles. The van der Waals surface area contributed by atoms with E-state index in [0.29, 0.717) is 72.0 Å². The Morgan fingerprint density at radius 3 is 1.52 bits per heavy atom. The van der Waals surface area contributed by atoms with Crippen LogP contribution in [0, 0.1) is 0 Å². The first kappa shape index (κ1) is 33.7. The molecule has 250 valence electrons. The highest BCUT2D eigenvalue weighted by Gasteiger charge is 2.22. The number of pyridine rings is 2. The third-order valence-electron chi connectivity index (χ3n) is 8.77. The van der Waals surface area contributed by atoms with Crippen molar-refractivity contribution >= 4 is 35.0 Å². The number of halogens is 2. The molecule has 2 aromatic carbocycles. The number of carbonyl (C=O) groups is 2. The standard InChI is InChI=1S/C36H38Cl2N6O4/c1-47-29-15-21(3-5-23(29)17-39-19-25-7-9-31(45)43-25)35-33(37)27(11-13-41-35)28-12-14-42-36(34(28)38)22-4-6-24(30(16-22)48-2)18-40-20-26-8-10-32(46)44-26/h3-6,11-16,25-26,39-40H,7-10,17-20H2,1-2H3,(H,43,45)(H,44,46)/t25-,26+. The number of methoxy groups -OCH3 is 2. The summed E-state index contributed by atoms with van der Waals surface area (Å²) in [5.74, 6) is 1.62. The predicted octanol–water partition coefficient (Wildman–Crippen LogP) is 5.54. The van der Waals surface area contributed by atoms with E-state index in [0.717, 1.165) is 46.2 Å². The first-order valence-electron chi connectivity index (χ1n) is 16.0. The van der Waals surface area contributed by atoms with Crippen LogP contribution in [-0.2, 0) is 22.7 Å². The highest BCUT2D eigenvalue weighted by Crippen LogP contribution is 2.42. The van der Waals surface area contributed by atoms with Crippen molar-refractivity contribution in [1.29, 1.82) is 0 Å². The van der Waals surface area contributed by atoms with Gasteiger partial charge in [-0.15, -0.1) is 0 Å². The number of rotatable bonds is 13. The number of nitrogens with one attached hydrogen (secondary N) is 4. The molecule has 0 bridgehead atoms. The average molecular weight is 690 g/mol. The van der Waals surface area contributed by atoms with Gasteiger partial charge in [-0.25, -0.2) is 0 Å². The summed E-state index contributed by atoms with van der Waals surface area (Å²) < 4.78 is 11.4. The van der Waals surface area contributed by atoms with Crippen molar-refractivity contribution in [3.8, 4) is 45.1 Å². The van der Waals surface area contributed by atoms with Gasteiger partial charge in [0.25, 0.3) is 0 Å². The first-order valence-corrected chi connectivity index (χ1v) is 16.7. The highest BCUT2D eigenvalue weighted by atomic mass is 35.5. The van der Waals surface area contributed by atoms with Gasteiger partial charge in [-0.2, -0.15) is 0 Å². The zero-order valence-corrected chi connectivity index (χ0v) is 28.4.